The van der Waals surface area contributed by atoms with E-state index in [1.807, 2.05) is 17.0 Å². The highest BCUT2D eigenvalue weighted by Crippen LogP contribution is 2.35. The van der Waals surface area contributed by atoms with E-state index in [1.54, 1.807) is 18.4 Å². The van der Waals surface area contributed by atoms with E-state index in [2.05, 4.69) is 81.4 Å². The topological polar surface area (TPSA) is 39.1 Å². The van der Waals surface area contributed by atoms with Crippen LogP contribution in [0.25, 0.3) is 0 Å². The molecule has 0 amide bonds. The van der Waals surface area contributed by atoms with Crippen molar-refractivity contribution in [1.82, 2.24) is 9.62 Å². The summed E-state index contributed by atoms with van der Waals surface area (Å²) in [7, 11) is 0. The molecule has 2 heterocycles. The van der Waals surface area contributed by atoms with Gasteiger partial charge in [0.1, 0.15) is 11.6 Å². The monoisotopic (exact) mass is 441 g/mol. The zero-order chi connectivity index (χ0) is 24.6. The molecule has 1 N–H and O–H groups in total. The van der Waals surface area contributed by atoms with Crippen LogP contribution in [-0.4, -0.2) is 27.5 Å². The molecule has 5 heteroatoms. The molecule has 0 atom stereocenters. The first kappa shape index (κ1) is 25.8. The van der Waals surface area contributed by atoms with E-state index in [0.717, 1.165) is 42.5 Å². The molecular weight excluding hydrogens is 405 g/mol. The summed E-state index contributed by atoms with van der Waals surface area (Å²) in [6.07, 6.45) is 20.7. The van der Waals surface area contributed by atoms with Crippen LogP contribution in [-0.2, 0) is 0 Å². The zero-order valence-electron chi connectivity index (χ0n) is 20.1. The highest BCUT2D eigenvalue weighted by Gasteiger charge is 2.41. The molecule has 4 nitrogen and oxygen atoms in total. The van der Waals surface area contributed by atoms with E-state index in [0.29, 0.717) is 11.4 Å². The maximum Gasteiger partial charge on any atom is 0.385 e. The number of rotatable bonds is 4. The molecule has 0 aromatic carbocycles. The Hall–Kier alpha value is -3.47. The summed E-state index contributed by atoms with van der Waals surface area (Å²) in [4.78, 5) is 8.70. The predicted molar refractivity (Wildman–Crippen MR) is 144 cm³/mol. The van der Waals surface area contributed by atoms with Crippen LogP contribution in [0.1, 0.15) is 33.1 Å². The number of nitrogens with zero attached hydrogens (tertiary/aromatic N) is 3. The van der Waals surface area contributed by atoms with Crippen LogP contribution in [0.15, 0.2) is 128 Å². The van der Waals surface area contributed by atoms with Gasteiger partial charge >= 0.3 is 6.98 Å². The molecular formula is C28H36BN3O. The first-order valence-electron chi connectivity index (χ1n) is 11.2. The fraction of sp³-hybridized carbons (Fsp3) is 0.250. The minimum Gasteiger partial charge on any atom is -0.509 e. The highest BCUT2D eigenvalue weighted by molar-refractivity contribution is 6.59. The average molecular weight is 441 g/mol. The number of aliphatic imine (C=N–C) groups is 1. The number of aliphatic hydroxyl groups excluding tert-OH is 1. The van der Waals surface area contributed by atoms with Crippen LogP contribution in [0.5, 0.6) is 0 Å². The number of hydrogen-bond acceptors (Lipinski definition) is 3. The van der Waals surface area contributed by atoms with Gasteiger partial charge in [-0.2, -0.15) is 0 Å². The van der Waals surface area contributed by atoms with Gasteiger partial charge in [-0.15, -0.1) is 0 Å². The molecule has 0 bridgehead atoms. The van der Waals surface area contributed by atoms with E-state index in [-0.39, 0.29) is 18.2 Å². The molecule has 2 aliphatic heterocycles. The Morgan fingerprint density at radius 2 is 1.85 bits per heavy atom. The molecule has 0 unspecified atom stereocenters. The molecule has 0 saturated carbocycles. The van der Waals surface area contributed by atoms with Gasteiger partial charge in [0.2, 0.25) is 0 Å². The van der Waals surface area contributed by atoms with Crippen molar-refractivity contribution in [2.24, 2.45) is 10.4 Å². The molecule has 0 spiro atoms. The molecule has 172 valence electrons. The molecule has 2 rings (SSSR count). The minimum absolute atomic E-state index is 0.0732. The van der Waals surface area contributed by atoms with Crippen LogP contribution in [0.2, 0.25) is 6.32 Å². The lowest BCUT2D eigenvalue weighted by atomic mass is 9.62. The lowest BCUT2D eigenvalue weighted by Gasteiger charge is -2.46. The van der Waals surface area contributed by atoms with Crippen molar-refractivity contribution in [2.75, 3.05) is 0 Å². The van der Waals surface area contributed by atoms with Crippen LogP contribution in [0.3, 0.4) is 0 Å². The first-order valence-corrected chi connectivity index (χ1v) is 11.2. The van der Waals surface area contributed by atoms with E-state index in [4.69, 9.17) is 0 Å². The Kier molecular flexibility index (Phi) is 8.92. The number of amidine groups is 1. The highest BCUT2D eigenvalue weighted by atomic mass is 16.3. The predicted octanol–water partition coefficient (Wildman–Crippen LogP) is 7.24. The summed E-state index contributed by atoms with van der Waals surface area (Å²) in [5.74, 6) is 0.563. The van der Waals surface area contributed by atoms with Crippen LogP contribution < -0.4 is 0 Å². The minimum atomic E-state index is -0.167. The molecule has 1 saturated heterocycles. The van der Waals surface area contributed by atoms with Crippen LogP contribution >= 0.6 is 0 Å². The SMILES string of the molecule is C=CC=C1/C(=C\C(=C)O)C(=NC=C)N(C=C)B2CCCCC(=C)/C=C\C(C)(C)/C=C\C(=C)N21. The molecule has 2 aliphatic rings. The van der Waals surface area contributed by atoms with Gasteiger partial charge in [-0.25, -0.2) is 4.99 Å². The summed E-state index contributed by atoms with van der Waals surface area (Å²) in [5.41, 5.74) is 3.28. The maximum atomic E-state index is 10.1. The van der Waals surface area contributed by atoms with Gasteiger partial charge in [-0.1, -0.05) is 89.6 Å². The van der Waals surface area contributed by atoms with Gasteiger partial charge in [0, 0.05) is 28.6 Å². The fourth-order valence-electron chi connectivity index (χ4n) is 3.98. The van der Waals surface area contributed by atoms with Gasteiger partial charge < -0.3 is 14.7 Å². The molecule has 0 aromatic heterocycles. The quantitative estimate of drug-likeness (QED) is 0.369. The van der Waals surface area contributed by atoms with Gasteiger partial charge in [0.25, 0.3) is 0 Å². The second kappa shape index (κ2) is 11.4. The molecule has 33 heavy (non-hydrogen) atoms. The summed E-state index contributed by atoms with van der Waals surface area (Å²) >= 11 is 0. The van der Waals surface area contributed by atoms with Crippen LogP contribution in [0.4, 0.5) is 0 Å². The smallest absolute Gasteiger partial charge is 0.385 e. The summed E-state index contributed by atoms with van der Waals surface area (Å²) in [5, 5.41) is 10.1. The van der Waals surface area contributed by atoms with Crippen LogP contribution in [0, 0.1) is 5.41 Å². The second-order valence-corrected chi connectivity index (χ2v) is 8.80. The number of aliphatic hydroxyl groups is 1. The van der Waals surface area contributed by atoms with E-state index < -0.39 is 0 Å². The third kappa shape index (κ3) is 6.51. The van der Waals surface area contributed by atoms with Gasteiger partial charge in [-0.05, 0) is 43.6 Å². The van der Waals surface area contributed by atoms with E-state index in [1.165, 1.54) is 6.20 Å². The Balaban J connectivity index is 2.75. The Morgan fingerprint density at radius 3 is 2.45 bits per heavy atom. The Bertz CT molecular complexity index is 991. The van der Waals surface area contributed by atoms with E-state index >= 15 is 0 Å². The lowest BCUT2D eigenvalue weighted by Crippen LogP contribution is -2.57. The van der Waals surface area contributed by atoms with Gasteiger partial charge in [-0.3, -0.25) is 0 Å². The standard InChI is InChI=1S/C28H36BN3O/c1-9-14-26-25(21-24(6)33)27(30-10-2)31(11-3)29-20-13-12-15-22(4)16-18-28(7,8)19-17-23(5)32(26)29/h9-11,14,16-19,21,33H,1-6,12-13,15,20H2,7-8H3/b18-16-,19-17-,25-21+,26-14?,30-27?. The summed E-state index contributed by atoms with van der Waals surface area (Å²) < 4.78 is 0. The van der Waals surface area contributed by atoms with Gasteiger partial charge in [0.05, 0.1) is 0 Å². The first-order chi connectivity index (χ1) is 15.6. The third-order valence-corrected chi connectivity index (χ3v) is 5.61. The van der Waals surface area contributed by atoms with Crippen molar-refractivity contribution < 1.29 is 5.11 Å². The third-order valence-electron chi connectivity index (χ3n) is 5.61. The number of hydrogen-bond donors (Lipinski definition) is 1. The number of allylic oxidation sites excluding steroid dienone is 8. The molecule has 0 aromatic rings. The molecule has 0 radical (unpaired) electrons. The Labute approximate surface area is 200 Å². The summed E-state index contributed by atoms with van der Waals surface area (Å²) in [6, 6.07) is 0. The zero-order valence-corrected chi connectivity index (χ0v) is 20.1. The maximum absolute atomic E-state index is 10.1. The van der Waals surface area contributed by atoms with Crippen molar-refractivity contribution in [3.63, 3.8) is 0 Å². The van der Waals surface area contributed by atoms with Crippen molar-refractivity contribution in [3.8, 4) is 0 Å². The van der Waals surface area contributed by atoms with Crippen molar-refractivity contribution in [3.05, 3.63) is 123 Å². The second-order valence-electron chi connectivity index (χ2n) is 8.80. The largest absolute Gasteiger partial charge is 0.509 e. The molecule has 0 aliphatic carbocycles. The Morgan fingerprint density at radius 1 is 1.15 bits per heavy atom. The van der Waals surface area contributed by atoms with Crippen molar-refractivity contribution in [2.45, 2.75) is 39.4 Å². The average Bonchev–Trinajstić information content (AvgIpc) is 2.76. The number of fused-ring (bicyclic) bond motifs is 1. The fourth-order valence-corrected chi connectivity index (χ4v) is 3.98. The lowest BCUT2D eigenvalue weighted by molar-refractivity contribution is 0.434. The van der Waals surface area contributed by atoms with Crippen molar-refractivity contribution in [1.29, 1.82) is 0 Å². The normalized spacial score (nSPS) is 25.0. The van der Waals surface area contributed by atoms with E-state index in [9.17, 15) is 5.11 Å². The molecule has 1 fully saturated rings. The van der Waals surface area contributed by atoms with Crippen molar-refractivity contribution >= 4 is 12.8 Å². The summed E-state index contributed by atoms with van der Waals surface area (Å²) in [6.45, 7) is 28.2. The van der Waals surface area contributed by atoms with Gasteiger partial charge in [0.15, 0.2) is 0 Å².